The smallest absolute Gasteiger partial charge is 0.200 e. The normalized spacial score (nSPS) is 18.9. The highest BCUT2D eigenvalue weighted by Gasteiger charge is 2.26. The molecule has 0 unspecified atom stereocenters. The van der Waals surface area contributed by atoms with Gasteiger partial charge in [0, 0.05) is 19.7 Å². The van der Waals surface area contributed by atoms with Crippen LogP contribution in [0.3, 0.4) is 0 Å². The second-order valence-corrected chi connectivity index (χ2v) is 7.93. The molecule has 0 aliphatic carbocycles. The van der Waals surface area contributed by atoms with Crippen LogP contribution in [0.25, 0.3) is 22.1 Å². The van der Waals surface area contributed by atoms with Gasteiger partial charge < -0.3 is 18.6 Å². The number of fused-ring (bicyclic) bond motifs is 3. The zero-order valence-electron chi connectivity index (χ0n) is 17.3. The maximum atomic E-state index is 13.4. The van der Waals surface area contributed by atoms with Gasteiger partial charge in [0.1, 0.15) is 29.6 Å². The van der Waals surface area contributed by atoms with Gasteiger partial charge in [0.25, 0.3) is 0 Å². The first kappa shape index (κ1) is 19.2. The minimum Gasteiger partial charge on any atom is -0.497 e. The molecule has 0 saturated carbocycles. The quantitative estimate of drug-likeness (QED) is 0.649. The fraction of sp³-hybridized carbons (Fsp3) is 0.375. The van der Waals surface area contributed by atoms with E-state index in [-0.39, 0.29) is 11.5 Å². The minimum absolute atomic E-state index is 0.0297. The first-order chi connectivity index (χ1) is 14.6. The minimum atomic E-state index is -0.0297. The van der Waals surface area contributed by atoms with E-state index in [0.29, 0.717) is 35.6 Å². The van der Waals surface area contributed by atoms with Crippen LogP contribution in [0.4, 0.5) is 0 Å². The second-order valence-electron chi connectivity index (χ2n) is 7.93. The zero-order valence-corrected chi connectivity index (χ0v) is 17.3. The number of methoxy groups -OCH3 is 1. The van der Waals surface area contributed by atoms with Crippen molar-refractivity contribution >= 4 is 11.0 Å². The van der Waals surface area contributed by atoms with Gasteiger partial charge in [0.15, 0.2) is 0 Å². The van der Waals surface area contributed by atoms with Crippen LogP contribution in [0.15, 0.2) is 45.6 Å². The van der Waals surface area contributed by atoms with E-state index in [0.717, 1.165) is 48.6 Å². The van der Waals surface area contributed by atoms with Crippen molar-refractivity contribution in [1.29, 1.82) is 0 Å². The number of nitrogens with zero attached hydrogens (tertiary/aromatic N) is 1. The number of benzene rings is 2. The van der Waals surface area contributed by atoms with Crippen molar-refractivity contribution in [3.05, 3.63) is 57.9 Å². The lowest BCUT2D eigenvalue weighted by Crippen LogP contribution is -2.37. The molecule has 0 radical (unpaired) electrons. The lowest BCUT2D eigenvalue weighted by molar-refractivity contribution is 0.0281. The van der Waals surface area contributed by atoms with E-state index in [1.54, 1.807) is 7.11 Å². The summed E-state index contributed by atoms with van der Waals surface area (Å²) in [6.07, 6.45) is 2.44. The Kier molecular flexibility index (Phi) is 4.97. The maximum Gasteiger partial charge on any atom is 0.200 e. The summed E-state index contributed by atoms with van der Waals surface area (Å²) in [7, 11) is 1.62. The third-order valence-corrected chi connectivity index (χ3v) is 5.95. The molecule has 2 aliphatic rings. The fourth-order valence-electron chi connectivity index (χ4n) is 4.40. The molecule has 3 heterocycles. The predicted octanol–water partition coefficient (Wildman–Crippen LogP) is 4.11. The summed E-state index contributed by atoms with van der Waals surface area (Å²) in [4.78, 5) is 15.6. The van der Waals surface area contributed by atoms with Crippen molar-refractivity contribution in [3.63, 3.8) is 0 Å². The lowest BCUT2D eigenvalue weighted by atomic mass is 10.0. The summed E-state index contributed by atoms with van der Waals surface area (Å²) < 4.78 is 23.2. The Balaban J connectivity index is 1.54. The van der Waals surface area contributed by atoms with E-state index in [2.05, 4.69) is 4.90 Å². The number of hydrogen-bond acceptors (Lipinski definition) is 6. The second kappa shape index (κ2) is 7.78. The average Bonchev–Trinajstić information content (AvgIpc) is 3.27. The van der Waals surface area contributed by atoms with E-state index in [9.17, 15) is 4.79 Å². The molecule has 1 saturated heterocycles. The van der Waals surface area contributed by atoms with Gasteiger partial charge in [-0.2, -0.15) is 0 Å². The van der Waals surface area contributed by atoms with Crippen LogP contribution in [0, 0.1) is 6.92 Å². The van der Waals surface area contributed by atoms with Gasteiger partial charge in [-0.3, -0.25) is 9.69 Å². The molecule has 0 N–H and O–H groups in total. The van der Waals surface area contributed by atoms with Gasteiger partial charge in [0.2, 0.25) is 5.43 Å². The molecule has 2 aliphatic heterocycles. The summed E-state index contributed by atoms with van der Waals surface area (Å²) in [5.74, 6) is 2.13. The summed E-state index contributed by atoms with van der Waals surface area (Å²) in [6, 6.07) is 11.2. The number of hydrogen-bond donors (Lipinski definition) is 0. The van der Waals surface area contributed by atoms with Gasteiger partial charge >= 0.3 is 0 Å². The van der Waals surface area contributed by atoms with Crippen molar-refractivity contribution in [2.45, 2.75) is 32.4 Å². The van der Waals surface area contributed by atoms with Crippen molar-refractivity contribution in [3.8, 4) is 22.6 Å². The molecule has 0 amide bonds. The van der Waals surface area contributed by atoms with Crippen LogP contribution in [-0.2, 0) is 11.3 Å². The molecule has 0 bridgehead atoms. The van der Waals surface area contributed by atoms with Gasteiger partial charge in [0.05, 0.1) is 29.7 Å². The molecule has 30 heavy (non-hydrogen) atoms. The van der Waals surface area contributed by atoms with Crippen LogP contribution < -0.4 is 14.9 Å². The van der Waals surface area contributed by atoms with Crippen molar-refractivity contribution in [2.75, 3.05) is 27.0 Å². The van der Waals surface area contributed by atoms with Gasteiger partial charge in [-0.15, -0.1) is 0 Å². The molecule has 0 spiro atoms. The average molecular weight is 407 g/mol. The molecular formula is C24H25NO5. The zero-order chi connectivity index (χ0) is 20.7. The highest BCUT2D eigenvalue weighted by Crippen LogP contribution is 2.34. The molecule has 1 atom stereocenters. The van der Waals surface area contributed by atoms with Crippen molar-refractivity contribution in [1.82, 2.24) is 4.90 Å². The molecule has 6 heteroatoms. The summed E-state index contributed by atoms with van der Waals surface area (Å²) in [5.41, 5.74) is 2.91. The van der Waals surface area contributed by atoms with Crippen LogP contribution in [0.2, 0.25) is 0 Å². The van der Waals surface area contributed by atoms with Gasteiger partial charge in [-0.25, -0.2) is 0 Å². The molecule has 3 aromatic rings. The molecule has 2 aromatic carbocycles. The summed E-state index contributed by atoms with van der Waals surface area (Å²) in [5, 5.41) is 0.577. The maximum absolute atomic E-state index is 13.4. The Morgan fingerprint density at radius 1 is 1.17 bits per heavy atom. The number of ether oxygens (including phenoxy) is 3. The Morgan fingerprint density at radius 2 is 2.00 bits per heavy atom. The number of rotatable bonds is 4. The third-order valence-electron chi connectivity index (χ3n) is 5.95. The molecule has 5 rings (SSSR count). The standard InChI is InChI=1S/C24H25NO5/c1-15-22(16-5-7-17(27-2)8-6-16)23(26)19-9-10-21-20(24(19)30-15)13-25(14-29-21)12-18-4-3-11-28-18/h5-10,18H,3-4,11-14H2,1-2H3/t18-/m1/s1. The Morgan fingerprint density at radius 3 is 2.73 bits per heavy atom. The molecule has 1 fully saturated rings. The van der Waals surface area contributed by atoms with Crippen LogP contribution >= 0.6 is 0 Å². The third kappa shape index (κ3) is 3.36. The first-order valence-corrected chi connectivity index (χ1v) is 10.3. The van der Waals surface area contributed by atoms with E-state index in [1.807, 2.05) is 43.3 Å². The van der Waals surface area contributed by atoms with Crippen LogP contribution in [0.1, 0.15) is 24.2 Å². The Labute approximate surface area is 175 Å². The fourth-order valence-corrected chi connectivity index (χ4v) is 4.40. The lowest BCUT2D eigenvalue weighted by Gasteiger charge is -2.30. The van der Waals surface area contributed by atoms with E-state index >= 15 is 0 Å². The van der Waals surface area contributed by atoms with Gasteiger partial charge in [-0.1, -0.05) is 12.1 Å². The van der Waals surface area contributed by atoms with Gasteiger partial charge in [-0.05, 0) is 49.6 Å². The number of aryl methyl sites for hydroxylation is 1. The van der Waals surface area contributed by atoms with E-state index in [4.69, 9.17) is 18.6 Å². The molecule has 156 valence electrons. The largest absolute Gasteiger partial charge is 0.497 e. The summed E-state index contributed by atoms with van der Waals surface area (Å²) in [6.45, 7) is 4.69. The molecule has 1 aromatic heterocycles. The molecule has 6 nitrogen and oxygen atoms in total. The SMILES string of the molecule is COc1ccc(-c2c(C)oc3c4c(ccc3c2=O)OCN(C[C@H]2CCCO2)C4)cc1. The van der Waals surface area contributed by atoms with E-state index < -0.39 is 0 Å². The monoisotopic (exact) mass is 407 g/mol. The van der Waals surface area contributed by atoms with Crippen molar-refractivity contribution in [2.24, 2.45) is 0 Å². The topological polar surface area (TPSA) is 61.1 Å². The Hall–Kier alpha value is -2.83. The first-order valence-electron chi connectivity index (χ1n) is 10.3. The highest BCUT2D eigenvalue weighted by molar-refractivity contribution is 5.86. The van der Waals surface area contributed by atoms with Crippen molar-refractivity contribution < 1.29 is 18.6 Å². The van der Waals surface area contributed by atoms with Crippen LogP contribution in [-0.4, -0.2) is 38.0 Å². The highest BCUT2D eigenvalue weighted by atomic mass is 16.5. The molecular weight excluding hydrogens is 382 g/mol. The predicted molar refractivity (Wildman–Crippen MR) is 114 cm³/mol. The summed E-state index contributed by atoms with van der Waals surface area (Å²) >= 11 is 0. The van der Waals surface area contributed by atoms with Crippen LogP contribution in [0.5, 0.6) is 11.5 Å². The van der Waals surface area contributed by atoms with E-state index in [1.165, 1.54) is 0 Å². The Bertz CT molecular complexity index is 1130.